The summed E-state index contributed by atoms with van der Waals surface area (Å²) in [6, 6.07) is 0. The zero-order chi connectivity index (χ0) is 9.41. The Morgan fingerprint density at radius 1 is 1.42 bits per heavy atom. The van der Waals surface area contributed by atoms with Crippen LogP contribution in [0.5, 0.6) is 0 Å². The van der Waals surface area contributed by atoms with Gasteiger partial charge in [-0.2, -0.15) is 0 Å². The van der Waals surface area contributed by atoms with Crippen LogP contribution in [0.15, 0.2) is 0 Å². The summed E-state index contributed by atoms with van der Waals surface area (Å²) in [7, 11) is 3.25. The van der Waals surface area contributed by atoms with Crippen LogP contribution in [-0.4, -0.2) is 25.7 Å². The molecule has 0 aromatic carbocycles. The topological polar surface area (TPSA) is 38.3 Å². The summed E-state index contributed by atoms with van der Waals surface area (Å²) in [6.07, 6.45) is 1.73. The van der Waals surface area contributed by atoms with Crippen LogP contribution in [0.2, 0.25) is 0 Å². The second kappa shape index (κ2) is 2.73. The molecule has 1 rings (SSSR count). The van der Waals surface area contributed by atoms with Crippen molar-refractivity contribution < 1.29 is 9.53 Å². The minimum Gasteiger partial charge on any atom is -0.468 e. The lowest BCUT2D eigenvalue weighted by Gasteiger charge is -2.50. The first-order valence-corrected chi connectivity index (χ1v) is 4.23. The van der Waals surface area contributed by atoms with Crippen LogP contribution in [0.3, 0.4) is 0 Å². The van der Waals surface area contributed by atoms with Gasteiger partial charge < -0.3 is 10.1 Å². The second-order valence-corrected chi connectivity index (χ2v) is 4.34. The maximum Gasteiger partial charge on any atom is 0.326 e. The molecule has 1 fully saturated rings. The minimum absolute atomic E-state index is 0.135. The molecule has 0 atom stereocenters. The van der Waals surface area contributed by atoms with Crippen LogP contribution in [0.1, 0.15) is 26.7 Å². The second-order valence-electron chi connectivity index (χ2n) is 4.34. The van der Waals surface area contributed by atoms with Gasteiger partial charge >= 0.3 is 5.97 Å². The van der Waals surface area contributed by atoms with Crippen molar-refractivity contribution in [1.29, 1.82) is 0 Å². The summed E-state index contributed by atoms with van der Waals surface area (Å²) in [5, 5.41) is 3.05. The van der Waals surface area contributed by atoms with E-state index in [-0.39, 0.29) is 11.4 Å². The fourth-order valence-corrected chi connectivity index (χ4v) is 2.20. The highest BCUT2D eigenvalue weighted by Gasteiger charge is 2.54. The predicted octanol–water partition coefficient (Wildman–Crippen LogP) is 0.938. The van der Waals surface area contributed by atoms with Crippen molar-refractivity contribution in [2.45, 2.75) is 32.2 Å². The van der Waals surface area contributed by atoms with Crippen molar-refractivity contribution in [3.05, 3.63) is 0 Å². The van der Waals surface area contributed by atoms with E-state index in [0.29, 0.717) is 0 Å². The summed E-state index contributed by atoms with van der Waals surface area (Å²) in [5.41, 5.74) is -0.130. The normalized spacial score (nSPS) is 24.3. The van der Waals surface area contributed by atoms with E-state index in [1.54, 1.807) is 0 Å². The molecule has 0 spiro atoms. The van der Waals surface area contributed by atoms with E-state index in [2.05, 4.69) is 19.2 Å². The number of nitrogens with one attached hydrogen (secondary N) is 1. The van der Waals surface area contributed by atoms with Crippen LogP contribution in [0.4, 0.5) is 0 Å². The molecule has 0 aromatic rings. The molecule has 0 aliphatic heterocycles. The zero-order valence-corrected chi connectivity index (χ0v) is 8.23. The highest BCUT2D eigenvalue weighted by molar-refractivity contribution is 5.82. The largest absolute Gasteiger partial charge is 0.468 e. The lowest BCUT2D eigenvalue weighted by Crippen LogP contribution is -2.63. The highest BCUT2D eigenvalue weighted by atomic mass is 16.5. The number of carbonyl (C=O) groups excluding carboxylic acids is 1. The third-order valence-electron chi connectivity index (χ3n) is 2.62. The van der Waals surface area contributed by atoms with E-state index >= 15 is 0 Å². The van der Waals surface area contributed by atoms with Crippen molar-refractivity contribution in [2.24, 2.45) is 5.41 Å². The first-order chi connectivity index (χ1) is 5.46. The lowest BCUT2D eigenvalue weighted by molar-refractivity contribution is -0.158. The average molecular weight is 171 g/mol. The average Bonchev–Trinajstić information content (AvgIpc) is 1.97. The van der Waals surface area contributed by atoms with Gasteiger partial charge in [-0.1, -0.05) is 13.8 Å². The number of methoxy groups -OCH3 is 1. The van der Waals surface area contributed by atoms with E-state index in [9.17, 15) is 4.79 Å². The predicted molar refractivity (Wildman–Crippen MR) is 46.8 cm³/mol. The van der Waals surface area contributed by atoms with Gasteiger partial charge in [0.25, 0.3) is 0 Å². The van der Waals surface area contributed by atoms with Crippen molar-refractivity contribution in [1.82, 2.24) is 5.32 Å². The number of carbonyl (C=O) groups is 1. The molecule has 1 saturated carbocycles. The Balaban J connectivity index is 2.65. The molecular weight excluding hydrogens is 154 g/mol. The van der Waals surface area contributed by atoms with Gasteiger partial charge in [0.15, 0.2) is 0 Å². The Kier molecular flexibility index (Phi) is 2.17. The van der Waals surface area contributed by atoms with Crippen LogP contribution < -0.4 is 5.32 Å². The van der Waals surface area contributed by atoms with Gasteiger partial charge in [0.05, 0.1) is 7.11 Å². The molecule has 12 heavy (non-hydrogen) atoms. The van der Waals surface area contributed by atoms with Crippen LogP contribution >= 0.6 is 0 Å². The summed E-state index contributed by atoms with van der Waals surface area (Å²) < 4.78 is 4.74. The number of likely N-dealkylation sites (N-methyl/N-ethyl adjacent to an activating group) is 1. The smallest absolute Gasteiger partial charge is 0.326 e. The van der Waals surface area contributed by atoms with Gasteiger partial charge in [0, 0.05) is 0 Å². The van der Waals surface area contributed by atoms with E-state index in [4.69, 9.17) is 4.74 Å². The van der Waals surface area contributed by atoms with Crippen molar-refractivity contribution in [3.8, 4) is 0 Å². The molecule has 0 heterocycles. The van der Waals surface area contributed by atoms with Crippen LogP contribution in [0, 0.1) is 5.41 Å². The molecule has 0 radical (unpaired) electrons. The minimum atomic E-state index is -0.405. The van der Waals surface area contributed by atoms with E-state index < -0.39 is 5.54 Å². The molecule has 0 unspecified atom stereocenters. The molecule has 3 heteroatoms. The van der Waals surface area contributed by atoms with Crippen molar-refractivity contribution in [3.63, 3.8) is 0 Å². The molecule has 1 aliphatic carbocycles. The van der Waals surface area contributed by atoms with Crippen molar-refractivity contribution >= 4 is 5.97 Å². The first-order valence-electron chi connectivity index (χ1n) is 4.23. The Morgan fingerprint density at radius 3 is 2.17 bits per heavy atom. The van der Waals surface area contributed by atoms with Gasteiger partial charge in [-0.15, -0.1) is 0 Å². The number of hydrogen-bond donors (Lipinski definition) is 1. The lowest BCUT2D eigenvalue weighted by atomic mass is 9.59. The highest BCUT2D eigenvalue weighted by Crippen LogP contribution is 2.48. The van der Waals surface area contributed by atoms with Crippen LogP contribution in [0.25, 0.3) is 0 Å². The summed E-state index contributed by atoms with van der Waals surface area (Å²) >= 11 is 0. The summed E-state index contributed by atoms with van der Waals surface area (Å²) in [6.45, 7) is 4.32. The van der Waals surface area contributed by atoms with Gasteiger partial charge in [-0.25, -0.2) is 0 Å². The fraction of sp³-hybridized carbons (Fsp3) is 0.889. The quantitative estimate of drug-likeness (QED) is 0.628. The standard InChI is InChI=1S/C9H17NO2/c1-8(2)5-9(6-8,10-3)7(11)12-4/h10H,5-6H2,1-4H3. The molecule has 0 bridgehead atoms. The number of esters is 1. The third-order valence-corrected chi connectivity index (χ3v) is 2.62. The fourth-order valence-electron chi connectivity index (χ4n) is 2.20. The molecule has 3 nitrogen and oxygen atoms in total. The Labute approximate surface area is 73.5 Å². The third kappa shape index (κ3) is 1.33. The summed E-state index contributed by atoms with van der Waals surface area (Å²) in [5.74, 6) is -0.135. The Morgan fingerprint density at radius 2 is 1.92 bits per heavy atom. The SMILES string of the molecule is CNC1(C(=O)OC)CC(C)(C)C1. The van der Waals surface area contributed by atoms with Gasteiger partial charge in [-0.3, -0.25) is 4.79 Å². The maximum absolute atomic E-state index is 11.4. The van der Waals surface area contributed by atoms with E-state index in [0.717, 1.165) is 12.8 Å². The van der Waals surface area contributed by atoms with Gasteiger partial charge in [0.1, 0.15) is 5.54 Å². The molecule has 0 aromatic heterocycles. The van der Waals surface area contributed by atoms with Gasteiger partial charge in [-0.05, 0) is 25.3 Å². The zero-order valence-electron chi connectivity index (χ0n) is 8.23. The molecular formula is C9H17NO2. The van der Waals surface area contributed by atoms with Crippen LogP contribution in [-0.2, 0) is 9.53 Å². The molecule has 70 valence electrons. The first kappa shape index (κ1) is 9.52. The molecule has 1 N–H and O–H groups in total. The van der Waals surface area contributed by atoms with E-state index in [1.165, 1.54) is 7.11 Å². The molecule has 0 saturated heterocycles. The molecule has 0 amide bonds. The number of hydrogen-bond acceptors (Lipinski definition) is 3. The van der Waals surface area contributed by atoms with Crippen molar-refractivity contribution in [2.75, 3.05) is 14.2 Å². The number of ether oxygens (including phenoxy) is 1. The number of rotatable bonds is 2. The Hall–Kier alpha value is -0.570. The monoisotopic (exact) mass is 171 g/mol. The molecule has 1 aliphatic rings. The Bertz CT molecular complexity index is 191. The maximum atomic E-state index is 11.4. The van der Waals surface area contributed by atoms with Gasteiger partial charge in [0.2, 0.25) is 0 Å². The summed E-state index contributed by atoms with van der Waals surface area (Å²) in [4.78, 5) is 11.4. The van der Waals surface area contributed by atoms with E-state index in [1.807, 2.05) is 7.05 Å².